The number of benzene rings is 1. The summed E-state index contributed by atoms with van der Waals surface area (Å²) in [5.41, 5.74) is 1.97. The van der Waals surface area contributed by atoms with Gasteiger partial charge in [-0.3, -0.25) is 14.5 Å². The molecule has 1 aromatic carbocycles. The van der Waals surface area contributed by atoms with Gasteiger partial charge in [-0.25, -0.2) is 0 Å². The van der Waals surface area contributed by atoms with Crippen LogP contribution in [0.5, 0.6) is 0 Å². The Morgan fingerprint density at radius 1 is 1.46 bits per heavy atom. The second-order valence-corrected chi connectivity index (χ2v) is 5.90. The van der Waals surface area contributed by atoms with Crippen molar-refractivity contribution >= 4 is 11.8 Å². The smallest absolute Gasteiger partial charge is 0.242 e. The van der Waals surface area contributed by atoms with Crippen LogP contribution in [0.25, 0.3) is 0 Å². The Balaban J connectivity index is 2.17. The van der Waals surface area contributed by atoms with Gasteiger partial charge < -0.3 is 10.2 Å². The summed E-state index contributed by atoms with van der Waals surface area (Å²) in [7, 11) is 0. The number of rotatable bonds is 6. The van der Waals surface area contributed by atoms with Crippen molar-refractivity contribution in [1.29, 1.82) is 5.26 Å². The van der Waals surface area contributed by atoms with Crippen molar-refractivity contribution in [3.8, 4) is 6.07 Å². The summed E-state index contributed by atoms with van der Waals surface area (Å²) in [5.74, 6) is -0.107. The topological polar surface area (TPSA) is 76.4 Å². The van der Waals surface area contributed by atoms with E-state index in [1.165, 1.54) is 0 Å². The van der Waals surface area contributed by atoms with Crippen LogP contribution in [0.2, 0.25) is 0 Å². The molecule has 1 saturated heterocycles. The molecule has 0 aromatic heterocycles. The van der Waals surface area contributed by atoms with E-state index in [-0.39, 0.29) is 18.4 Å². The minimum Gasteiger partial charge on any atom is -0.353 e. The monoisotopic (exact) mass is 328 g/mol. The molecule has 1 N–H and O–H groups in total. The highest BCUT2D eigenvalue weighted by Crippen LogP contribution is 2.25. The molecule has 24 heavy (non-hydrogen) atoms. The number of amides is 2. The van der Waals surface area contributed by atoms with Gasteiger partial charge in [0.2, 0.25) is 11.8 Å². The second kappa shape index (κ2) is 8.46. The van der Waals surface area contributed by atoms with Crippen LogP contribution in [0.15, 0.2) is 24.3 Å². The first-order chi connectivity index (χ1) is 11.6. The van der Waals surface area contributed by atoms with Crippen molar-refractivity contribution < 1.29 is 9.59 Å². The quantitative estimate of drug-likeness (QED) is 0.852. The van der Waals surface area contributed by atoms with E-state index in [0.29, 0.717) is 32.6 Å². The molecule has 1 aromatic rings. The van der Waals surface area contributed by atoms with Crippen LogP contribution >= 0.6 is 0 Å². The van der Waals surface area contributed by atoms with Crippen molar-refractivity contribution in [1.82, 2.24) is 15.1 Å². The first kappa shape index (κ1) is 18.0. The van der Waals surface area contributed by atoms with Crippen molar-refractivity contribution in [3.63, 3.8) is 0 Å². The molecule has 2 amide bonds. The van der Waals surface area contributed by atoms with Crippen LogP contribution in [0.4, 0.5) is 0 Å². The fourth-order valence-electron chi connectivity index (χ4n) is 3.03. The molecule has 6 heteroatoms. The van der Waals surface area contributed by atoms with Crippen molar-refractivity contribution in [3.05, 3.63) is 35.4 Å². The molecule has 0 spiro atoms. The molecule has 0 aliphatic carbocycles. The number of likely N-dealkylation sites (N-methyl/N-ethyl adjacent to an activating group) is 1. The molecular formula is C18H24N4O2. The highest BCUT2D eigenvalue weighted by Gasteiger charge is 2.33. The fraction of sp³-hybridized carbons (Fsp3) is 0.500. The number of nitrogens with one attached hydrogen (secondary N) is 1. The van der Waals surface area contributed by atoms with Gasteiger partial charge in [0.05, 0.1) is 19.0 Å². The summed E-state index contributed by atoms with van der Waals surface area (Å²) in [6.45, 7) is 6.23. The van der Waals surface area contributed by atoms with Gasteiger partial charge >= 0.3 is 0 Å². The predicted molar refractivity (Wildman–Crippen MR) is 91.0 cm³/mol. The standard InChI is InChI=1S/C18H24N4O2/c1-3-21(11-6-9-19)16(23)13-22-12-10-20-18(24)17(22)15-8-5-4-7-14(15)2/h4-5,7-8,17H,3,6,10-13H2,1-2H3,(H,20,24). The van der Waals surface area contributed by atoms with E-state index in [2.05, 4.69) is 11.4 Å². The van der Waals surface area contributed by atoms with Crippen LogP contribution in [0.1, 0.15) is 30.5 Å². The molecule has 0 saturated carbocycles. The molecule has 1 aliphatic rings. The second-order valence-electron chi connectivity index (χ2n) is 5.90. The first-order valence-electron chi connectivity index (χ1n) is 8.30. The number of carbonyl (C=O) groups is 2. The molecular weight excluding hydrogens is 304 g/mol. The molecule has 2 rings (SSSR count). The van der Waals surface area contributed by atoms with Crippen LogP contribution in [-0.2, 0) is 9.59 Å². The number of carbonyl (C=O) groups excluding carboxylic acids is 2. The molecule has 0 radical (unpaired) electrons. The highest BCUT2D eigenvalue weighted by molar-refractivity contribution is 5.86. The van der Waals surface area contributed by atoms with Gasteiger partial charge in [0.15, 0.2) is 0 Å². The molecule has 1 unspecified atom stereocenters. The minimum absolute atomic E-state index is 0.0407. The summed E-state index contributed by atoms with van der Waals surface area (Å²) >= 11 is 0. The van der Waals surface area contributed by atoms with Crippen LogP contribution in [-0.4, -0.2) is 54.3 Å². The van der Waals surface area contributed by atoms with Crippen LogP contribution in [0.3, 0.4) is 0 Å². The number of hydrogen-bond acceptors (Lipinski definition) is 4. The Hall–Kier alpha value is -2.39. The Kier molecular flexibility index (Phi) is 6.33. The number of aryl methyl sites for hydroxylation is 1. The maximum Gasteiger partial charge on any atom is 0.242 e. The van der Waals surface area contributed by atoms with Crippen molar-refractivity contribution in [2.45, 2.75) is 26.3 Å². The molecule has 6 nitrogen and oxygen atoms in total. The molecule has 128 valence electrons. The van der Waals surface area contributed by atoms with Crippen LogP contribution in [0, 0.1) is 18.3 Å². The molecule has 1 atom stereocenters. The Morgan fingerprint density at radius 3 is 2.88 bits per heavy atom. The normalized spacial score (nSPS) is 17.9. The zero-order chi connectivity index (χ0) is 17.5. The average Bonchev–Trinajstić information content (AvgIpc) is 2.57. The molecule has 0 bridgehead atoms. The minimum atomic E-state index is -0.446. The van der Waals surface area contributed by atoms with E-state index < -0.39 is 6.04 Å². The van der Waals surface area contributed by atoms with E-state index >= 15 is 0 Å². The average molecular weight is 328 g/mol. The molecule has 1 fully saturated rings. The lowest BCUT2D eigenvalue weighted by Gasteiger charge is -2.36. The predicted octanol–water partition coefficient (Wildman–Crippen LogP) is 1.23. The van der Waals surface area contributed by atoms with Gasteiger partial charge in [-0.15, -0.1) is 0 Å². The largest absolute Gasteiger partial charge is 0.353 e. The zero-order valence-corrected chi connectivity index (χ0v) is 14.3. The van der Waals surface area contributed by atoms with Crippen molar-refractivity contribution in [2.75, 3.05) is 32.7 Å². The summed E-state index contributed by atoms with van der Waals surface area (Å²) in [6.07, 6.45) is 0.321. The van der Waals surface area contributed by atoms with Gasteiger partial charge in [-0.2, -0.15) is 5.26 Å². The fourth-order valence-corrected chi connectivity index (χ4v) is 3.03. The number of piperazine rings is 1. The number of nitriles is 1. The summed E-state index contributed by atoms with van der Waals surface area (Å²) in [5, 5.41) is 11.6. The third-order valence-electron chi connectivity index (χ3n) is 4.36. The molecule has 1 heterocycles. The van der Waals surface area contributed by atoms with Gasteiger partial charge in [-0.05, 0) is 25.0 Å². The first-order valence-corrected chi connectivity index (χ1v) is 8.30. The maximum atomic E-state index is 12.6. The summed E-state index contributed by atoms with van der Waals surface area (Å²) in [4.78, 5) is 28.6. The molecule has 1 aliphatic heterocycles. The Bertz CT molecular complexity index is 638. The van der Waals surface area contributed by atoms with E-state index in [1.807, 2.05) is 43.0 Å². The van der Waals surface area contributed by atoms with E-state index in [9.17, 15) is 9.59 Å². The Labute approximate surface area is 143 Å². The van der Waals surface area contributed by atoms with Crippen molar-refractivity contribution in [2.24, 2.45) is 0 Å². The van der Waals surface area contributed by atoms with E-state index in [1.54, 1.807) is 4.90 Å². The third kappa shape index (κ3) is 4.12. The maximum absolute atomic E-state index is 12.6. The number of hydrogen-bond donors (Lipinski definition) is 1. The van der Waals surface area contributed by atoms with Crippen LogP contribution < -0.4 is 5.32 Å². The third-order valence-corrected chi connectivity index (χ3v) is 4.36. The summed E-state index contributed by atoms with van der Waals surface area (Å²) in [6, 6.07) is 9.39. The van der Waals surface area contributed by atoms with Gasteiger partial charge in [-0.1, -0.05) is 24.3 Å². The lowest BCUT2D eigenvalue weighted by atomic mass is 9.97. The van der Waals surface area contributed by atoms with Gasteiger partial charge in [0.1, 0.15) is 6.04 Å². The summed E-state index contributed by atoms with van der Waals surface area (Å²) < 4.78 is 0. The van der Waals surface area contributed by atoms with E-state index in [4.69, 9.17) is 5.26 Å². The SMILES string of the molecule is CCN(CCC#N)C(=O)CN1CCNC(=O)C1c1ccccc1C. The van der Waals surface area contributed by atoms with E-state index in [0.717, 1.165) is 11.1 Å². The lowest BCUT2D eigenvalue weighted by Crippen LogP contribution is -2.53. The lowest BCUT2D eigenvalue weighted by molar-refractivity contribution is -0.136. The highest BCUT2D eigenvalue weighted by atomic mass is 16.2. The van der Waals surface area contributed by atoms with Gasteiger partial charge in [0.25, 0.3) is 0 Å². The Morgan fingerprint density at radius 2 is 2.21 bits per heavy atom. The number of nitrogens with zero attached hydrogens (tertiary/aromatic N) is 3. The van der Waals surface area contributed by atoms with Gasteiger partial charge in [0, 0.05) is 26.2 Å². The zero-order valence-electron chi connectivity index (χ0n) is 14.3.